The molecule has 78 valence electrons. The zero-order chi connectivity index (χ0) is 10.0. The number of nitrogens with zero attached hydrogens (tertiary/aromatic N) is 2. The van der Waals surface area contributed by atoms with Gasteiger partial charge >= 0.3 is 0 Å². The first-order chi connectivity index (χ1) is 6.68. The van der Waals surface area contributed by atoms with Crippen molar-refractivity contribution in [1.82, 2.24) is 9.59 Å². The Morgan fingerprint density at radius 3 is 2.86 bits per heavy atom. The lowest BCUT2D eigenvalue weighted by Crippen LogP contribution is -2.40. The molecule has 1 aliphatic carbocycles. The largest absolute Gasteiger partial charge is 0.389 e. The van der Waals surface area contributed by atoms with E-state index >= 15 is 0 Å². The Kier molecular flexibility index (Phi) is 2.80. The van der Waals surface area contributed by atoms with E-state index in [1.54, 1.807) is 0 Å². The number of rotatable bonds is 2. The number of hydrogen-bond donors (Lipinski definition) is 2. The van der Waals surface area contributed by atoms with E-state index in [-0.39, 0.29) is 6.04 Å². The van der Waals surface area contributed by atoms with Crippen LogP contribution in [0.3, 0.4) is 0 Å². The molecule has 1 aliphatic rings. The lowest BCUT2D eigenvalue weighted by atomic mass is 9.80. The van der Waals surface area contributed by atoms with Crippen molar-refractivity contribution in [3.8, 4) is 0 Å². The highest BCUT2D eigenvalue weighted by Gasteiger charge is 2.32. The molecular formula is C9H15N3OS. The lowest BCUT2D eigenvalue weighted by Gasteiger charge is -2.34. The molecule has 0 spiro atoms. The van der Waals surface area contributed by atoms with Crippen molar-refractivity contribution in [2.75, 3.05) is 0 Å². The zero-order valence-electron chi connectivity index (χ0n) is 8.02. The highest BCUT2D eigenvalue weighted by molar-refractivity contribution is 7.03. The first-order valence-corrected chi connectivity index (χ1v) is 5.75. The molecule has 4 nitrogen and oxygen atoms in total. The Morgan fingerprint density at radius 2 is 2.29 bits per heavy atom. The fourth-order valence-corrected chi connectivity index (χ4v) is 2.40. The van der Waals surface area contributed by atoms with Crippen LogP contribution in [0.4, 0.5) is 0 Å². The van der Waals surface area contributed by atoms with E-state index in [4.69, 9.17) is 5.73 Å². The van der Waals surface area contributed by atoms with E-state index in [1.807, 2.05) is 5.38 Å². The number of aliphatic hydroxyl groups is 1. The molecule has 1 aromatic heterocycles. The molecule has 3 N–H and O–H groups in total. The molecule has 0 amide bonds. The van der Waals surface area contributed by atoms with Gasteiger partial charge in [-0.3, -0.25) is 0 Å². The van der Waals surface area contributed by atoms with Crippen LogP contribution >= 0.6 is 11.5 Å². The third-order valence-electron chi connectivity index (χ3n) is 2.88. The zero-order valence-corrected chi connectivity index (χ0v) is 8.83. The van der Waals surface area contributed by atoms with Gasteiger partial charge < -0.3 is 10.8 Å². The van der Waals surface area contributed by atoms with Gasteiger partial charge in [0.25, 0.3) is 0 Å². The van der Waals surface area contributed by atoms with Crippen LogP contribution in [-0.2, 0) is 6.42 Å². The summed E-state index contributed by atoms with van der Waals surface area (Å²) in [6.45, 7) is 0. The van der Waals surface area contributed by atoms with E-state index < -0.39 is 5.60 Å². The molecule has 0 unspecified atom stereocenters. The summed E-state index contributed by atoms with van der Waals surface area (Å²) in [4.78, 5) is 0. The van der Waals surface area contributed by atoms with Crippen molar-refractivity contribution in [1.29, 1.82) is 0 Å². The Hall–Kier alpha value is -0.520. The number of hydrogen-bond acceptors (Lipinski definition) is 5. The number of aromatic nitrogens is 2. The molecule has 0 radical (unpaired) electrons. The maximum atomic E-state index is 10.2. The number of nitrogens with two attached hydrogens (primary N) is 1. The lowest BCUT2D eigenvalue weighted by molar-refractivity contribution is -0.000587. The Balaban J connectivity index is 1.96. The summed E-state index contributed by atoms with van der Waals surface area (Å²) in [5, 5.41) is 16.1. The fraction of sp³-hybridized carbons (Fsp3) is 0.778. The van der Waals surface area contributed by atoms with Gasteiger partial charge in [-0.25, -0.2) is 0 Å². The van der Waals surface area contributed by atoms with Gasteiger partial charge in [0.1, 0.15) is 0 Å². The normalized spacial score (nSPS) is 33.1. The minimum atomic E-state index is -0.592. The van der Waals surface area contributed by atoms with E-state index in [9.17, 15) is 5.11 Å². The van der Waals surface area contributed by atoms with Crippen molar-refractivity contribution in [2.24, 2.45) is 5.73 Å². The van der Waals surface area contributed by atoms with Crippen LogP contribution < -0.4 is 5.73 Å². The van der Waals surface area contributed by atoms with Gasteiger partial charge in [-0.15, -0.1) is 5.10 Å². The van der Waals surface area contributed by atoms with Crippen LogP contribution in [0.1, 0.15) is 31.4 Å². The molecule has 1 fully saturated rings. The topological polar surface area (TPSA) is 72.0 Å². The second-order valence-electron chi connectivity index (χ2n) is 4.13. The molecule has 5 heteroatoms. The fourth-order valence-electron chi connectivity index (χ4n) is 1.95. The third-order valence-corrected chi connectivity index (χ3v) is 3.43. The summed E-state index contributed by atoms with van der Waals surface area (Å²) >= 11 is 1.33. The van der Waals surface area contributed by atoms with Gasteiger partial charge in [0.15, 0.2) is 0 Å². The molecule has 0 bridgehead atoms. The van der Waals surface area contributed by atoms with Crippen molar-refractivity contribution in [2.45, 2.75) is 43.7 Å². The van der Waals surface area contributed by atoms with Crippen LogP contribution in [0.25, 0.3) is 0 Å². The maximum absolute atomic E-state index is 10.2. The molecule has 1 saturated carbocycles. The van der Waals surface area contributed by atoms with E-state index in [2.05, 4.69) is 9.59 Å². The second-order valence-corrected chi connectivity index (χ2v) is 4.74. The van der Waals surface area contributed by atoms with Crippen molar-refractivity contribution in [3.05, 3.63) is 11.1 Å². The first-order valence-electron chi connectivity index (χ1n) is 4.92. The van der Waals surface area contributed by atoms with Gasteiger partial charge in [0.05, 0.1) is 11.3 Å². The molecule has 1 heterocycles. The molecule has 0 atom stereocenters. The van der Waals surface area contributed by atoms with E-state index in [0.717, 1.165) is 31.4 Å². The van der Waals surface area contributed by atoms with Crippen molar-refractivity contribution < 1.29 is 5.11 Å². The first kappa shape index (κ1) is 10.0. The summed E-state index contributed by atoms with van der Waals surface area (Å²) in [5.41, 5.74) is 6.10. The Morgan fingerprint density at radius 1 is 1.57 bits per heavy atom. The van der Waals surface area contributed by atoms with E-state index in [1.165, 1.54) is 11.5 Å². The predicted octanol–water partition coefficient (Wildman–Crippen LogP) is 0.713. The van der Waals surface area contributed by atoms with Crippen LogP contribution in [0.2, 0.25) is 0 Å². The van der Waals surface area contributed by atoms with Crippen LogP contribution in [0.15, 0.2) is 5.38 Å². The summed E-state index contributed by atoms with van der Waals surface area (Å²) < 4.78 is 3.79. The Labute approximate surface area is 87.3 Å². The van der Waals surface area contributed by atoms with Crippen molar-refractivity contribution >= 4 is 11.5 Å². The average Bonchev–Trinajstić information content (AvgIpc) is 2.63. The minimum absolute atomic E-state index is 0.267. The SMILES string of the molecule is NC1CCC(O)(Cc2csnn2)CC1. The van der Waals surface area contributed by atoms with Gasteiger partial charge in [0.2, 0.25) is 0 Å². The molecule has 0 aliphatic heterocycles. The second kappa shape index (κ2) is 3.92. The average molecular weight is 213 g/mol. The van der Waals surface area contributed by atoms with Gasteiger partial charge in [-0.1, -0.05) is 4.49 Å². The maximum Gasteiger partial charge on any atom is 0.0784 e. The van der Waals surface area contributed by atoms with Crippen LogP contribution in [0.5, 0.6) is 0 Å². The van der Waals surface area contributed by atoms with E-state index in [0.29, 0.717) is 6.42 Å². The van der Waals surface area contributed by atoms with Gasteiger partial charge in [-0.05, 0) is 37.2 Å². The summed E-state index contributed by atoms with van der Waals surface area (Å²) in [7, 11) is 0. The summed E-state index contributed by atoms with van der Waals surface area (Å²) in [6.07, 6.45) is 4.01. The molecule has 0 aromatic carbocycles. The Bertz CT molecular complexity index is 280. The quantitative estimate of drug-likeness (QED) is 0.759. The minimum Gasteiger partial charge on any atom is -0.389 e. The third kappa shape index (κ3) is 2.29. The molecule has 2 rings (SSSR count). The standard InChI is InChI=1S/C9H15N3OS/c10-7-1-3-9(13,4-2-7)5-8-6-14-12-11-8/h6-7,13H,1-5,10H2. The monoisotopic (exact) mass is 213 g/mol. The molecular weight excluding hydrogens is 198 g/mol. The van der Waals surface area contributed by atoms with Gasteiger partial charge in [-0.2, -0.15) is 0 Å². The van der Waals surface area contributed by atoms with Crippen LogP contribution in [-0.4, -0.2) is 26.3 Å². The molecule has 0 saturated heterocycles. The highest BCUT2D eigenvalue weighted by Crippen LogP contribution is 2.30. The van der Waals surface area contributed by atoms with Crippen molar-refractivity contribution in [3.63, 3.8) is 0 Å². The predicted molar refractivity (Wildman–Crippen MR) is 55.0 cm³/mol. The smallest absolute Gasteiger partial charge is 0.0784 e. The summed E-state index contributed by atoms with van der Waals surface area (Å²) in [5.74, 6) is 0. The molecule has 14 heavy (non-hydrogen) atoms. The van der Waals surface area contributed by atoms with Gasteiger partial charge in [0, 0.05) is 17.8 Å². The summed E-state index contributed by atoms with van der Waals surface area (Å²) in [6, 6.07) is 0.267. The highest BCUT2D eigenvalue weighted by atomic mass is 32.1. The molecule has 1 aromatic rings. The van der Waals surface area contributed by atoms with Crippen LogP contribution in [0, 0.1) is 0 Å².